The van der Waals surface area contributed by atoms with Gasteiger partial charge in [0, 0.05) is 29.0 Å². The summed E-state index contributed by atoms with van der Waals surface area (Å²) in [5, 5.41) is 19.3. The molecule has 0 saturated carbocycles. The second kappa shape index (κ2) is 10.3. The highest BCUT2D eigenvalue weighted by molar-refractivity contribution is 8.03. The molecule has 3 aliphatic rings. The number of aliphatic hydroxyl groups is 1. The van der Waals surface area contributed by atoms with Gasteiger partial charge in [-0.3, -0.25) is 14.3 Å². The van der Waals surface area contributed by atoms with E-state index in [4.69, 9.17) is 4.52 Å². The standard InChI is InChI=1S/C23H28N2O7P2S/c1-10-18-17(11(2)26)21(28)25(18)19(23(31)32-34)20(10)35-14-8-15(24(33)9-14)16(27)7-12-4-3-5-13(6-12)22(29)30/h3-6,10-11,14-15,17-18,26H,7-9,33-34H2,1-2H3,(H,29,30)/t10-,11-,14+,15+,17-,18-/m1/s1. The molecule has 0 aromatic heterocycles. The van der Waals surface area contributed by atoms with Gasteiger partial charge in [0.05, 0.1) is 39.1 Å². The highest BCUT2D eigenvalue weighted by Gasteiger charge is 2.60. The van der Waals surface area contributed by atoms with Crippen molar-refractivity contribution < 1.29 is 33.9 Å². The number of β-lactam (4-membered cyclic amide) rings is 1. The second-order valence-electron chi connectivity index (χ2n) is 9.21. The van der Waals surface area contributed by atoms with Crippen LogP contribution < -0.4 is 0 Å². The van der Waals surface area contributed by atoms with Crippen LogP contribution in [-0.2, 0) is 25.3 Å². The average molecular weight is 538 g/mol. The first kappa shape index (κ1) is 26.2. The third kappa shape index (κ3) is 4.79. The van der Waals surface area contributed by atoms with Crippen LogP contribution in [0.5, 0.6) is 0 Å². The Kier molecular flexibility index (Phi) is 7.70. The molecule has 9 nitrogen and oxygen atoms in total. The Morgan fingerprint density at radius 3 is 2.66 bits per heavy atom. The molecule has 2 unspecified atom stereocenters. The SMILES string of the molecule is C[C@@H](O)[C@H]1C(=O)N2C(C(=O)OP)=C(S[C@H]3C[C@@H](C(=O)Cc4cccc(C(=O)O)c4)N(P)C3)[C@H](C)[C@H]12. The summed E-state index contributed by atoms with van der Waals surface area (Å²) in [7, 11) is 4.52. The topological polar surface area (TPSA) is 124 Å². The summed E-state index contributed by atoms with van der Waals surface area (Å²) in [5.74, 6) is -2.67. The van der Waals surface area contributed by atoms with Crippen molar-refractivity contribution >= 4 is 54.2 Å². The molecule has 0 aliphatic carbocycles. The number of hydrogen-bond acceptors (Lipinski definition) is 8. The number of benzene rings is 1. The number of aromatic carboxylic acids is 1. The maximum Gasteiger partial charge on any atom is 0.358 e. The van der Waals surface area contributed by atoms with E-state index in [0.29, 0.717) is 18.5 Å². The van der Waals surface area contributed by atoms with Crippen molar-refractivity contribution in [1.29, 1.82) is 0 Å². The van der Waals surface area contributed by atoms with E-state index in [-0.39, 0.29) is 52.6 Å². The summed E-state index contributed by atoms with van der Waals surface area (Å²) >= 11 is 1.48. The summed E-state index contributed by atoms with van der Waals surface area (Å²) in [6, 6.07) is 5.71. The van der Waals surface area contributed by atoms with E-state index < -0.39 is 24.0 Å². The quantitative estimate of drug-likeness (QED) is 0.377. The fourth-order valence-corrected chi connectivity index (χ4v) is 7.60. The highest BCUT2D eigenvalue weighted by Crippen LogP contribution is 2.52. The number of carboxylic acids is 1. The predicted octanol–water partition coefficient (Wildman–Crippen LogP) is 1.86. The zero-order valence-electron chi connectivity index (χ0n) is 19.3. The first-order chi connectivity index (χ1) is 16.5. The normalized spacial score (nSPS) is 29.1. The largest absolute Gasteiger partial charge is 0.478 e. The number of Topliss-reactive ketones (excluding diaryl/α,β-unsaturated/α-hetero) is 1. The summed E-state index contributed by atoms with van der Waals surface area (Å²) in [6.45, 7) is 4.10. The number of fused-ring (bicyclic) bond motifs is 1. The van der Waals surface area contributed by atoms with E-state index in [1.807, 2.05) is 21.1 Å². The van der Waals surface area contributed by atoms with E-state index in [2.05, 4.69) is 9.39 Å². The van der Waals surface area contributed by atoms with E-state index in [1.165, 1.54) is 28.8 Å². The van der Waals surface area contributed by atoms with Crippen LogP contribution in [0.3, 0.4) is 0 Å². The minimum atomic E-state index is -1.04. The van der Waals surface area contributed by atoms with Crippen LogP contribution in [-0.4, -0.2) is 73.4 Å². The van der Waals surface area contributed by atoms with Gasteiger partial charge in [-0.05, 0) is 31.0 Å². The van der Waals surface area contributed by atoms with E-state index >= 15 is 0 Å². The fraction of sp³-hybridized carbons (Fsp3) is 0.478. The summed E-state index contributed by atoms with van der Waals surface area (Å²) in [4.78, 5) is 51.8. The van der Waals surface area contributed by atoms with Gasteiger partial charge in [-0.15, -0.1) is 11.8 Å². The van der Waals surface area contributed by atoms with Gasteiger partial charge in [0.25, 0.3) is 0 Å². The van der Waals surface area contributed by atoms with E-state index in [1.54, 1.807) is 19.1 Å². The molecular formula is C23H28N2O7P2S. The minimum absolute atomic E-state index is 0.00429. The van der Waals surface area contributed by atoms with Crippen LogP contribution in [0.1, 0.15) is 36.2 Å². The second-order valence-corrected chi connectivity index (χ2v) is 11.5. The Morgan fingerprint density at radius 1 is 1.31 bits per heavy atom. The van der Waals surface area contributed by atoms with Gasteiger partial charge in [-0.2, -0.15) is 0 Å². The summed E-state index contributed by atoms with van der Waals surface area (Å²) < 4.78 is 6.78. The van der Waals surface area contributed by atoms with Gasteiger partial charge in [-0.1, -0.05) is 28.4 Å². The fourth-order valence-electron chi connectivity index (χ4n) is 5.26. The Morgan fingerprint density at radius 2 is 2.03 bits per heavy atom. The maximum atomic E-state index is 13.1. The number of carbonyl (C=O) groups is 4. The van der Waals surface area contributed by atoms with E-state index in [9.17, 15) is 29.4 Å². The minimum Gasteiger partial charge on any atom is -0.478 e. The van der Waals surface area contributed by atoms with Crippen molar-refractivity contribution in [2.24, 2.45) is 11.8 Å². The van der Waals surface area contributed by atoms with Crippen molar-refractivity contribution in [3.8, 4) is 0 Å². The molecule has 12 heteroatoms. The average Bonchev–Trinajstić information content (AvgIpc) is 3.28. The molecule has 35 heavy (non-hydrogen) atoms. The molecule has 4 rings (SSSR count). The molecule has 188 valence electrons. The van der Waals surface area contributed by atoms with Gasteiger partial charge in [0.2, 0.25) is 5.91 Å². The number of aliphatic hydroxyl groups excluding tert-OH is 1. The summed E-state index contributed by atoms with van der Waals surface area (Å²) in [6.07, 6.45) is -0.152. The number of carboxylic acid groups (broad SMARTS) is 1. The van der Waals surface area contributed by atoms with Crippen molar-refractivity contribution in [2.75, 3.05) is 6.54 Å². The molecular weight excluding hydrogens is 510 g/mol. The molecule has 3 heterocycles. The first-order valence-corrected chi connectivity index (χ1v) is 13.1. The number of amides is 1. The molecule has 2 fully saturated rings. The number of ketones is 1. The van der Waals surface area contributed by atoms with Gasteiger partial charge in [0.1, 0.15) is 5.70 Å². The molecule has 0 radical (unpaired) electrons. The molecule has 1 aromatic rings. The Bertz CT molecular complexity index is 1110. The lowest BCUT2D eigenvalue weighted by atomic mass is 9.79. The summed E-state index contributed by atoms with van der Waals surface area (Å²) in [5.41, 5.74) is 1.01. The molecule has 1 amide bonds. The van der Waals surface area contributed by atoms with Gasteiger partial charge < -0.3 is 19.6 Å². The molecule has 2 saturated heterocycles. The third-order valence-corrected chi connectivity index (χ3v) is 9.21. The maximum absolute atomic E-state index is 13.1. The smallest absolute Gasteiger partial charge is 0.358 e. The molecule has 3 aliphatic heterocycles. The number of thioether (sulfide) groups is 1. The zero-order chi connectivity index (χ0) is 25.6. The number of hydrogen-bond donors (Lipinski definition) is 2. The van der Waals surface area contributed by atoms with Crippen molar-refractivity contribution in [2.45, 2.75) is 50.1 Å². The van der Waals surface area contributed by atoms with Crippen LogP contribution in [0.25, 0.3) is 0 Å². The highest BCUT2D eigenvalue weighted by atomic mass is 32.2. The van der Waals surface area contributed by atoms with Crippen molar-refractivity contribution in [1.82, 2.24) is 9.57 Å². The lowest BCUT2D eigenvalue weighted by Crippen LogP contribution is -2.63. The van der Waals surface area contributed by atoms with Crippen LogP contribution in [0.2, 0.25) is 0 Å². The molecule has 2 N–H and O–H groups in total. The number of nitrogens with zero attached hydrogens (tertiary/aromatic N) is 2. The molecule has 1 aromatic carbocycles. The van der Waals surface area contributed by atoms with Gasteiger partial charge in [-0.25, -0.2) is 9.59 Å². The van der Waals surface area contributed by atoms with Crippen LogP contribution >= 0.6 is 30.6 Å². The van der Waals surface area contributed by atoms with E-state index in [0.717, 1.165) is 4.91 Å². The van der Waals surface area contributed by atoms with Crippen LogP contribution in [0.4, 0.5) is 0 Å². The zero-order valence-corrected chi connectivity index (χ0v) is 22.4. The number of carbonyl (C=O) groups excluding carboxylic acids is 3. The Labute approximate surface area is 212 Å². The Hall–Kier alpha value is -1.83. The third-order valence-electron chi connectivity index (χ3n) is 6.93. The molecule has 0 bridgehead atoms. The molecule has 8 atom stereocenters. The monoisotopic (exact) mass is 538 g/mol. The van der Waals surface area contributed by atoms with Crippen LogP contribution in [0.15, 0.2) is 34.9 Å². The van der Waals surface area contributed by atoms with Gasteiger partial charge in [0.15, 0.2) is 5.78 Å². The van der Waals surface area contributed by atoms with Crippen molar-refractivity contribution in [3.63, 3.8) is 0 Å². The van der Waals surface area contributed by atoms with Crippen LogP contribution in [0, 0.1) is 11.8 Å². The lowest BCUT2D eigenvalue weighted by Gasteiger charge is -2.46. The molecule has 0 spiro atoms. The number of rotatable bonds is 8. The van der Waals surface area contributed by atoms with Crippen molar-refractivity contribution in [3.05, 3.63) is 46.0 Å². The lowest BCUT2D eigenvalue weighted by molar-refractivity contribution is -0.162. The predicted molar refractivity (Wildman–Crippen MR) is 136 cm³/mol. The Balaban J connectivity index is 1.49. The van der Waals surface area contributed by atoms with Gasteiger partial charge >= 0.3 is 11.9 Å². The first-order valence-electron chi connectivity index (χ1n) is 11.2.